The smallest absolute Gasteiger partial charge is 0.405 e. The van der Waals surface area contributed by atoms with E-state index < -0.39 is 21.1 Å². The van der Waals surface area contributed by atoms with Crippen molar-refractivity contribution in [2.75, 3.05) is 0 Å². The minimum Gasteiger partial charge on any atom is -0.405 e. The van der Waals surface area contributed by atoms with E-state index >= 15 is 0 Å². The van der Waals surface area contributed by atoms with Gasteiger partial charge in [0.25, 0.3) is 0 Å². The molecule has 4 fully saturated rings. The van der Waals surface area contributed by atoms with Gasteiger partial charge in [-0.15, -0.1) is 0 Å². The van der Waals surface area contributed by atoms with Crippen LogP contribution in [0.15, 0.2) is 383 Å². The van der Waals surface area contributed by atoms with Crippen molar-refractivity contribution in [3.8, 4) is 50.4 Å². The van der Waals surface area contributed by atoms with Gasteiger partial charge in [0.2, 0.25) is 0 Å². The van der Waals surface area contributed by atoms with Crippen LogP contribution in [-0.4, -0.2) is 86.8 Å². The fourth-order valence-corrected chi connectivity index (χ4v) is 20.9. The summed E-state index contributed by atoms with van der Waals surface area (Å²) in [6.07, 6.45) is 1.07. The van der Waals surface area contributed by atoms with E-state index in [1.807, 2.05) is 67.5 Å². The minimum atomic E-state index is -0.476. The van der Waals surface area contributed by atoms with Gasteiger partial charge in [0.1, 0.15) is 0 Å². The van der Waals surface area contributed by atoms with Gasteiger partial charge in [0, 0.05) is 82.5 Å². The summed E-state index contributed by atoms with van der Waals surface area (Å²) in [4.78, 5) is 0. The van der Waals surface area contributed by atoms with Crippen molar-refractivity contribution >= 4 is 207 Å². The number of fused-ring (bicyclic) bond motifs is 18. The molecule has 19 heteroatoms. The molecule has 1 aliphatic carbocycles. The predicted molar refractivity (Wildman–Crippen MR) is 606 cm³/mol. The van der Waals surface area contributed by atoms with E-state index in [4.69, 9.17) is 37.2 Å². The van der Waals surface area contributed by atoms with Crippen molar-refractivity contribution in [1.82, 2.24) is 13.7 Å². The van der Waals surface area contributed by atoms with Gasteiger partial charge in [-0.2, -0.15) is 0 Å². The molecule has 0 N–H and O–H groups in total. The third-order valence-corrected chi connectivity index (χ3v) is 32.1. The molecule has 25 rings (SSSR count). The van der Waals surface area contributed by atoms with E-state index in [2.05, 4.69) is 497 Å². The molecular formula is C121H111B4Br3IN3O8. The number of nitrogens with zero attached hydrogens (tertiary/aromatic N) is 3. The first-order valence-electron chi connectivity index (χ1n) is 48.1. The summed E-state index contributed by atoms with van der Waals surface area (Å²) in [5.74, 6) is 0. The molecule has 20 aromatic rings. The Hall–Kier alpha value is -11.0. The van der Waals surface area contributed by atoms with Crippen molar-refractivity contribution in [2.24, 2.45) is 0 Å². The average Bonchev–Trinajstić information content (AvgIpc) is 1.57. The maximum absolute atomic E-state index is 6.48. The van der Waals surface area contributed by atoms with Crippen LogP contribution in [-0.2, 0) is 43.7 Å². The molecule has 0 spiro atoms. The van der Waals surface area contributed by atoms with Gasteiger partial charge in [-0.3, -0.25) is 0 Å². The third kappa shape index (κ3) is 18.2. The fourth-order valence-electron chi connectivity index (χ4n) is 19.6. The van der Waals surface area contributed by atoms with Crippen molar-refractivity contribution in [1.29, 1.82) is 0 Å². The van der Waals surface area contributed by atoms with Gasteiger partial charge in [0.05, 0.1) is 77.9 Å². The van der Waals surface area contributed by atoms with E-state index in [-0.39, 0.29) is 51.9 Å². The molecule has 0 unspecified atom stereocenters. The molecule has 4 aliphatic heterocycles. The number of benzene rings is 17. The highest BCUT2D eigenvalue weighted by Gasteiger charge is 2.64. The molecule has 0 amide bonds. The quantitative estimate of drug-likeness (QED) is 0.110. The van der Waals surface area contributed by atoms with E-state index in [1.165, 1.54) is 162 Å². The molecule has 4 saturated heterocycles. The molecule has 5 aliphatic rings. The highest BCUT2D eigenvalue weighted by atomic mass is 127. The Labute approximate surface area is 861 Å². The first kappa shape index (κ1) is 96.5. The van der Waals surface area contributed by atoms with Gasteiger partial charge in [-0.25, -0.2) is 0 Å². The summed E-state index contributed by atoms with van der Waals surface area (Å²) in [6, 6.07) is 132. The number of rotatable bonds is 8. The van der Waals surface area contributed by atoms with Crippen molar-refractivity contribution in [3.63, 3.8) is 0 Å². The monoisotopic (exact) mass is 2140 g/mol. The second-order valence-electron chi connectivity index (χ2n) is 40.8. The van der Waals surface area contributed by atoms with Crippen LogP contribution in [0.3, 0.4) is 0 Å². The van der Waals surface area contributed by atoms with Crippen LogP contribution in [0.4, 0.5) is 0 Å². The molecule has 140 heavy (non-hydrogen) atoms. The van der Waals surface area contributed by atoms with E-state index in [9.17, 15) is 0 Å². The zero-order chi connectivity index (χ0) is 97.7. The molecule has 11 nitrogen and oxygen atoms in total. The lowest BCUT2D eigenvalue weighted by Gasteiger charge is -2.32. The normalized spacial score (nSPS) is 16.9. The summed E-state index contributed by atoms with van der Waals surface area (Å²) in [7, 11) is -1.72. The largest absolute Gasteiger partial charge is 0.495 e. The summed E-state index contributed by atoms with van der Waals surface area (Å²) in [5, 5.41) is 14.9. The van der Waals surface area contributed by atoms with Crippen LogP contribution >= 0.6 is 70.4 Å². The lowest BCUT2D eigenvalue weighted by atomic mass is 9.49. The summed E-state index contributed by atoms with van der Waals surface area (Å²) in [6.45, 7) is 33.0. The first-order chi connectivity index (χ1) is 67.0. The molecule has 0 radical (unpaired) electrons. The molecule has 17 aromatic carbocycles. The summed E-state index contributed by atoms with van der Waals surface area (Å²) < 4.78 is 61.2. The van der Waals surface area contributed by atoms with Gasteiger partial charge < -0.3 is 50.9 Å². The van der Waals surface area contributed by atoms with Gasteiger partial charge in [-0.1, -0.05) is 303 Å². The Kier molecular flexibility index (Phi) is 26.2. The molecule has 0 bridgehead atoms. The van der Waals surface area contributed by atoms with Gasteiger partial charge in [-0.05, 0) is 327 Å². The second-order valence-corrected chi connectivity index (χ2v) is 44.8. The summed E-state index contributed by atoms with van der Waals surface area (Å²) in [5.41, 5.74) is 20.7. The zero-order valence-electron chi connectivity index (χ0n) is 81.9. The van der Waals surface area contributed by atoms with Crippen molar-refractivity contribution < 1.29 is 37.2 Å². The Morgan fingerprint density at radius 3 is 0.921 bits per heavy atom. The summed E-state index contributed by atoms with van der Waals surface area (Å²) >= 11 is 12.7. The van der Waals surface area contributed by atoms with E-state index in [0.717, 1.165) is 32.0 Å². The highest BCUT2D eigenvalue weighted by Crippen LogP contribution is 2.49. The maximum atomic E-state index is 6.48. The molecular weight excluding hydrogens is 2030 g/mol. The van der Waals surface area contributed by atoms with Crippen LogP contribution in [0, 0.1) is 3.57 Å². The lowest BCUT2D eigenvalue weighted by molar-refractivity contribution is 0.00578. The molecule has 698 valence electrons. The highest BCUT2D eigenvalue weighted by molar-refractivity contribution is 14.1. The Balaban J connectivity index is 0.000000109. The van der Waals surface area contributed by atoms with Crippen LogP contribution in [0.1, 0.15) is 122 Å². The Morgan fingerprint density at radius 1 is 0.236 bits per heavy atom. The van der Waals surface area contributed by atoms with Gasteiger partial charge >= 0.3 is 28.3 Å². The SMILES string of the molecule is Brc1ccc(-c2cc3c4ccccc4n(-c4ccccc4)c3c3ccccc23)cc1.Brc1ccc(I)cc1.Brc1ccc2c(c1)Cc1ccccc1-2.CC1(C)OB(B2OC(C)(C)C(C)(C)O2)OC1(C)C.CC1(C)OB(c2cc3c4ccccc4n(-c4ccccc4)c3c3ccccc23)OC1(C)C.CC1(C)OB(c2ccc(-c3cc4c5ccccc5n(-c5ccccc5)c4c4ccccc34)cc2)OC1(C)C. The number of hydrogen-bond acceptors (Lipinski definition) is 8. The van der Waals surface area contributed by atoms with E-state index in [0.29, 0.717) is 0 Å². The molecule has 3 aromatic heterocycles. The molecule has 7 heterocycles. The Morgan fingerprint density at radius 2 is 0.529 bits per heavy atom. The average molecular weight is 2150 g/mol. The van der Waals surface area contributed by atoms with Crippen LogP contribution < -0.4 is 10.9 Å². The van der Waals surface area contributed by atoms with Crippen molar-refractivity contribution in [3.05, 3.63) is 398 Å². The van der Waals surface area contributed by atoms with Crippen LogP contribution in [0.25, 0.3) is 148 Å². The second kappa shape index (κ2) is 38.0. The zero-order valence-corrected chi connectivity index (χ0v) is 88.8. The number of para-hydroxylation sites is 6. The van der Waals surface area contributed by atoms with Gasteiger partial charge in [0.15, 0.2) is 0 Å². The topological polar surface area (TPSA) is 88.6 Å². The maximum Gasteiger partial charge on any atom is 0.495 e. The minimum absolute atomic E-state index is 0.357. The fraction of sp³-hybridized carbons (Fsp3) is 0.207. The number of aromatic nitrogens is 3. The van der Waals surface area contributed by atoms with Crippen molar-refractivity contribution in [2.45, 2.75) is 162 Å². The lowest BCUT2D eigenvalue weighted by Crippen LogP contribution is -2.41. The molecule has 0 saturated carbocycles. The molecule has 0 atom stereocenters. The van der Waals surface area contributed by atoms with Crippen LogP contribution in [0.2, 0.25) is 0 Å². The number of hydrogen-bond donors (Lipinski definition) is 0. The predicted octanol–water partition coefficient (Wildman–Crippen LogP) is 31.8. The standard InChI is InChI=1S/C34H30BNO2.C28H26BNO2.C28H18BrN.C13H9Br.C12H24B2O4.C6H4BrI/c1-33(2)34(3,4)38-35(37-33)24-20-18-23(19-21-24)29-22-30-27-15-10-11-17-31(27)36(25-12-6-5-7-13-25)32(30)28-16-9-8-14-26(28)29;1-27(2)28(3,4)32-29(31-27)24-18-23-21-15-10-11-17-25(21)30(19-12-6-5-7-13-19)26(23)22-16-9-8-14-20(22)24;29-20-16-14-19(15-17-20)25-18-26-23-11-6-7-13-27(23)30(21-8-2-1-3-9-21)28(26)24-12-5-4-10-22(24)25;14-11-5-6-13-10(8-11)7-9-3-1-2-4-12(9)13;1-9(2)10(3,4)16-13(15-9)14-17-11(5,6)12(7,8)18-14;7-5-1-3-6(8)4-2-5/h5-22H,1-4H3;5-18H,1-4H3;1-18H;1-6,8H,7H2;1-8H3;1-4H. The Bertz CT molecular complexity index is 7950. The third-order valence-electron chi connectivity index (χ3n) is 29.8. The first-order valence-corrected chi connectivity index (χ1v) is 51.6. The van der Waals surface area contributed by atoms with Crippen LogP contribution in [0.5, 0.6) is 0 Å². The number of halogens is 4. The van der Waals surface area contributed by atoms with E-state index in [1.54, 1.807) is 0 Å².